The molecule has 0 unspecified atom stereocenters. The smallest absolute Gasteiger partial charge is 0.313 e. The number of carbonyl (C=O) groups excluding carboxylic acids is 2. The number of hydrogen-bond acceptors (Lipinski definition) is 5. The van der Waals surface area contributed by atoms with Gasteiger partial charge in [0, 0.05) is 56.3 Å². The highest BCUT2D eigenvalue weighted by atomic mass is 16.2. The summed E-state index contributed by atoms with van der Waals surface area (Å²) in [5, 5.41) is 5.95. The minimum Gasteiger partial charge on any atom is -0.356 e. The van der Waals surface area contributed by atoms with E-state index in [1.165, 1.54) is 0 Å². The van der Waals surface area contributed by atoms with Crippen molar-refractivity contribution >= 4 is 28.9 Å². The van der Waals surface area contributed by atoms with Crippen molar-refractivity contribution in [3.8, 4) is 0 Å². The third kappa shape index (κ3) is 5.29. The summed E-state index contributed by atoms with van der Waals surface area (Å²) >= 11 is 0. The van der Waals surface area contributed by atoms with Crippen LogP contribution in [-0.2, 0) is 9.59 Å². The van der Waals surface area contributed by atoms with Crippen molar-refractivity contribution in [1.82, 2.24) is 9.80 Å². The van der Waals surface area contributed by atoms with Gasteiger partial charge in [0.05, 0.1) is 0 Å². The second kappa shape index (κ2) is 9.16. The molecule has 4 N–H and O–H groups in total. The van der Waals surface area contributed by atoms with E-state index in [0.29, 0.717) is 25.3 Å². The molecule has 0 spiro atoms. The van der Waals surface area contributed by atoms with Gasteiger partial charge in [-0.15, -0.1) is 0 Å². The molecular weight excluding hydrogens is 342 g/mol. The van der Waals surface area contributed by atoms with Gasteiger partial charge in [0.15, 0.2) is 0 Å². The quantitative estimate of drug-likeness (QED) is 0.696. The van der Waals surface area contributed by atoms with Crippen LogP contribution < -0.4 is 16.4 Å². The van der Waals surface area contributed by atoms with Crippen LogP contribution in [0.5, 0.6) is 0 Å². The minimum atomic E-state index is -0.606. The number of nitrogens with two attached hydrogens (primary N) is 1. The van der Waals surface area contributed by atoms with E-state index in [9.17, 15) is 9.59 Å². The molecule has 1 fully saturated rings. The molecule has 0 bridgehead atoms. The van der Waals surface area contributed by atoms with Gasteiger partial charge in [-0.2, -0.15) is 0 Å². The molecule has 2 aromatic carbocycles. The highest BCUT2D eigenvalue weighted by Crippen LogP contribution is 2.18. The first-order chi connectivity index (χ1) is 13.2. The summed E-state index contributed by atoms with van der Waals surface area (Å²) in [5.41, 5.74) is 8.03. The van der Waals surface area contributed by atoms with Gasteiger partial charge < -0.3 is 21.3 Å². The lowest BCUT2D eigenvalue weighted by Crippen LogP contribution is -2.52. The maximum atomic E-state index is 12.3. The summed E-state index contributed by atoms with van der Waals surface area (Å²) in [6, 6.07) is 17.1. The Bertz CT molecular complexity index is 756. The topological polar surface area (TPSA) is 90.7 Å². The van der Waals surface area contributed by atoms with Crippen LogP contribution in [0, 0.1) is 0 Å². The fraction of sp³-hybridized carbons (Fsp3) is 0.300. The van der Waals surface area contributed by atoms with Crippen molar-refractivity contribution in [2.45, 2.75) is 0 Å². The molecule has 1 saturated heterocycles. The van der Waals surface area contributed by atoms with Crippen LogP contribution in [0.4, 0.5) is 17.1 Å². The van der Waals surface area contributed by atoms with Crippen molar-refractivity contribution in [2.75, 3.05) is 49.9 Å². The number of rotatable bonds is 5. The van der Waals surface area contributed by atoms with E-state index < -0.39 is 11.8 Å². The first-order valence-electron chi connectivity index (χ1n) is 9.10. The molecule has 0 saturated carbocycles. The monoisotopic (exact) mass is 367 g/mol. The number of amides is 2. The Hall–Kier alpha value is -2.90. The van der Waals surface area contributed by atoms with E-state index in [1.54, 1.807) is 17.0 Å². The van der Waals surface area contributed by atoms with Crippen LogP contribution in [0.2, 0.25) is 0 Å². The Morgan fingerprint density at radius 2 is 1.44 bits per heavy atom. The Morgan fingerprint density at radius 1 is 0.852 bits per heavy atom. The van der Waals surface area contributed by atoms with E-state index in [1.807, 2.05) is 42.5 Å². The van der Waals surface area contributed by atoms with Gasteiger partial charge in [0.25, 0.3) is 0 Å². The predicted octanol–water partition coefficient (Wildman–Crippen LogP) is 1.47. The number of piperazine rings is 1. The van der Waals surface area contributed by atoms with Crippen molar-refractivity contribution in [3.05, 3.63) is 54.6 Å². The summed E-state index contributed by atoms with van der Waals surface area (Å²) in [6.07, 6.45) is 0. The molecule has 1 aliphatic rings. The van der Waals surface area contributed by atoms with E-state index in [4.69, 9.17) is 5.73 Å². The fourth-order valence-corrected chi connectivity index (χ4v) is 3.01. The van der Waals surface area contributed by atoms with Crippen molar-refractivity contribution in [1.29, 1.82) is 0 Å². The highest BCUT2D eigenvalue weighted by molar-refractivity contribution is 6.39. The van der Waals surface area contributed by atoms with Gasteiger partial charge in [0.2, 0.25) is 0 Å². The lowest BCUT2D eigenvalue weighted by molar-refractivity contribution is -0.144. The average Bonchev–Trinajstić information content (AvgIpc) is 2.70. The molecule has 1 heterocycles. The largest absolute Gasteiger partial charge is 0.356 e. The van der Waals surface area contributed by atoms with E-state index >= 15 is 0 Å². The van der Waals surface area contributed by atoms with Crippen LogP contribution in [0.25, 0.3) is 0 Å². The van der Waals surface area contributed by atoms with Crippen LogP contribution in [0.3, 0.4) is 0 Å². The van der Waals surface area contributed by atoms with Gasteiger partial charge >= 0.3 is 11.8 Å². The van der Waals surface area contributed by atoms with Gasteiger partial charge in [-0.05, 0) is 36.4 Å². The van der Waals surface area contributed by atoms with Crippen LogP contribution >= 0.6 is 0 Å². The molecule has 1 aliphatic heterocycles. The first-order valence-corrected chi connectivity index (χ1v) is 9.10. The first kappa shape index (κ1) is 18.9. The van der Waals surface area contributed by atoms with Crippen molar-refractivity contribution in [3.63, 3.8) is 0 Å². The van der Waals surface area contributed by atoms with Crippen molar-refractivity contribution < 1.29 is 9.59 Å². The normalized spacial score (nSPS) is 14.6. The number of benzene rings is 2. The molecule has 0 atom stereocenters. The summed E-state index contributed by atoms with van der Waals surface area (Å²) in [6.45, 7) is 4.01. The Balaban J connectivity index is 1.51. The van der Waals surface area contributed by atoms with E-state index in [-0.39, 0.29) is 0 Å². The van der Waals surface area contributed by atoms with E-state index in [2.05, 4.69) is 15.5 Å². The molecule has 7 heteroatoms. The fourth-order valence-electron chi connectivity index (χ4n) is 3.01. The molecule has 0 aromatic heterocycles. The van der Waals surface area contributed by atoms with Gasteiger partial charge in [-0.1, -0.05) is 18.2 Å². The van der Waals surface area contributed by atoms with E-state index in [0.717, 1.165) is 31.0 Å². The standard InChI is InChI=1S/C20H25N5O2/c21-10-11-24-12-14-25(15-13-24)20(27)19(26)23-18-8-6-17(7-9-18)22-16-4-2-1-3-5-16/h1-9,22H,10-15,21H2,(H,23,26). The molecule has 3 rings (SSSR count). The molecular formula is C20H25N5O2. The van der Waals surface area contributed by atoms with Crippen LogP contribution in [-0.4, -0.2) is 60.9 Å². The third-order valence-corrected chi connectivity index (χ3v) is 4.50. The summed E-state index contributed by atoms with van der Waals surface area (Å²) < 4.78 is 0. The molecule has 2 aromatic rings. The van der Waals surface area contributed by atoms with Gasteiger partial charge in [0.1, 0.15) is 0 Å². The summed E-state index contributed by atoms with van der Waals surface area (Å²) in [4.78, 5) is 28.4. The van der Waals surface area contributed by atoms with Crippen LogP contribution in [0.1, 0.15) is 0 Å². The SMILES string of the molecule is NCCN1CCN(C(=O)C(=O)Nc2ccc(Nc3ccccc3)cc2)CC1. The summed E-state index contributed by atoms with van der Waals surface area (Å²) in [7, 11) is 0. The molecule has 0 aliphatic carbocycles. The van der Waals surface area contributed by atoms with Gasteiger partial charge in [-0.25, -0.2) is 0 Å². The molecule has 142 valence electrons. The third-order valence-electron chi connectivity index (χ3n) is 4.50. The molecule has 7 nitrogen and oxygen atoms in total. The molecule has 2 amide bonds. The van der Waals surface area contributed by atoms with Gasteiger partial charge in [-0.3, -0.25) is 14.5 Å². The Labute approximate surface area is 159 Å². The number of nitrogens with zero attached hydrogens (tertiary/aromatic N) is 2. The Morgan fingerprint density at radius 3 is 2.07 bits per heavy atom. The number of para-hydroxylation sites is 1. The minimum absolute atomic E-state index is 0.492. The lowest BCUT2D eigenvalue weighted by Gasteiger charge is -2.34. The average molecular weight is 367 g/mol. The number of anilines is 3. The second-order valence-electron chi connectivity index (χ2n) is 6.45. The van der Waals surface area contributed by atoms with Crippen molar-refractivity contribution in [2.24, 2.45) is 5.73 Å². The molecule has 0 radical (unpaired) electrons. The lowest BCUT2D eigenvalue weighted by atomic mass is 10.2. The Kier molecular flexibility index (Phi) is 6.40. The molecule has 27 heavy (non-hydrogen) atoms. The maximum Gasteiger partial charge on any atom is 0.313 e. The zero-order valence-electron chi connectivity index (χ0n) is 15.2. The summed E-state index contributed by atoms with van der Waals surface area (Å²) in [5.74, 6) is -1.10. The highest BCUT2D eigenvalue weighted by Gasteiger charge is 2.25. The second-order valence-corrected chi connectivity index (χ2v) is 6.45. The zero-order chi connectivity index (χ0) is 19.1. The number of nitrogens with one attached hydrogen (secondary N) is 2. The zero-order valence-corrected chi connectivity index (χ0v) is 15.2. The number of hydrogen-bond donors (Lipinski definition) is 3. The maximum absolute atomic E-state index is 12.3. The number of carbonyl (C=O) groups is 2. The predicted molar refractivity (Wildman–Crippen MR) is 107 cm³/mol. The van der Waals surface area contributed by atoms with Crippen LogP contribution in [0.15, 0.2) is 54.6 Å².